The zero-order chi connectivity index (χ0) is 11.3. The van der Waals surface area contributed by atoms with Crippen LogP contribution in [0.4, 0.5) is 0 Å². The molecule has 1 rings (SSSR count). The number of rotatable bonds is 6. The normalized spacial score (nSPS) is 13.4. The Bertz CT molecular complexity index is 282. The fourth-order valence-electron chi connectivity index (χ4n) is 1.87. The van der Waals surface area contributed by atoms with Gasteiger partial charge in [0.25, 0.3) is 0 Å². The SMILES string of the molecule is CNCC(C)CN(C)Cc1cnn(C)c1. The molecule has 0 saturated carbocycles. The van der Waals surface area contributed by atoms with E-state index in [1.54, 1.807) is 0 Å². The van der Waals surface area contributed by atoms with Crippen molar-refractivity contribution < 1.29 is 0 Å². The van der Waals surface area contributed by atoms with E-state index >= 15 is 0 Å². The van der Waals surface area contributed by atoms with Gasteiger partial charge in [-0.15, -0.1) is 0 Å². The Labute approximate surface area is 92.3 Å². The Morgan fingerprint density at radius 3 is 2.87 bits per heavy atom. The maximum atomic E-state index is 4.16. The molecular formula is C11H22N4. The second kappa shape index (κ2) is 5.88. The minimum absolute atomic E-state index is 0.677. The molecule has 1 N–H and O–H groups in total. The number of hydrogen-bond acceptors (Lipinski definition) is 3. The highest BCUT2D eigenvalue weighted by atomic mass is 15.2. The van der Waals surface area contributed by atoms with E-state index in [0.29, 0.717) is 5.92 Å². The Morgan fingerprint density at radius 1 is 1.60 bits per heavy atom. The maximum Gasteiger partial charge on any atom is 0.0534 e. The molecule has 0 spiro atoms. The lowest BCUT2D eigenvalue weighted by atomic mass is 10.1. The minimum atomic E-state index is 0.677. The highest BCUT2D eigenvalue weighted by molar-refractivity contribution is 5.02. The summed E-state index contributed by atoms with van der Waals surface area (Å²) in [6, 6.07) is 0. The zero-order valence-electron chi connectivity index (χ0n) is 10.2. The first-order valence-electron chi connectivity index (χ1n) is 5.42. The molecule has 0 bridgehead atoms. The number of aryl methyl sites for hydroxylation is 1. The minimum Gasteiger partial charge on any atom is -0.319 e. The summed E-state index contributed by atoms with van der Waals surface area (Å²) >= 11 is 0. The van der Waals surface area contributed by atoms with E-state index in [1.807, 2.05) is 25.0 Å². The summed E-state index contributed by atoms with van der Waals surface area (Å²) in [5, 5.41) is 7.36. The topological polar surface area (TPSA) is 33.1 Å². The third kappa shape index (κ3) is 4.44. The third-order valence-electron chi connectivity index (χ3n) is 2.39. The lowest BCUT2D eigenvalue weighted by Gasteiger charge is -2.20. The van der Waals surface area contributed by atoms with E-state index in [9.17, 15) is 0 Å². The molecule has 0 aromatic carbocycles. The van der Waals surface area contributed by atoms with E-state index in [-0.39, 0.29) is 0 Å². The monoisotopic (exact) mass is 210 g/mol. The Hall–Kier alpha value is -0.870. The summed E-state index contributed by atoms with van der Waals surface area (Å²) in [4.78, 5) is 2.33. The van der Waals surface area contributed by atoms with Crippen molar-refractivity contribution in [2.75, 3.05) is 27.2 Å². The average Bonchev–Trinajstić information content (AvgIpc) is 2.51. The maximum absolute atomic E-state index is 4.16. The van der Waals surface area contributed by atoms with Crippen molar-refractivity contribution in [3.63, 3.8) is 0 Å². The highest BCUT2D eigenvalue weighted by Crippen LogP contribution is 2.03. The van der Waals surface area contributed by atoms with Crippen LogP contribution in [0.25, 0.3) is 0 Å². The number of aromatic nitrogens is 2. The molecule has 86 valence electrons. The van der Waals surface area contributed by atoms with E-state index in [2.05, 4.69) is 35.5 Å². The Morgan fingerprint density at radius 2 is 2.33 bits per heavy atom. The van der Waals surface area contributed by atoms with Gasteiger partial charge in [-0.3, -0.25) is 4.68 Å². The van der Waals surface area contributed by atoms with Crippen molar-refractivity contribution in [2.45, 2.75) is 13.5 Å². The average molecular weight is 210 g/mol. The summed E-state index contributed by atoms with van der Waals surface area (Å²) in [5.41, 5.74) is 1.27. The van der Waals surface area contributed by atoms with E-state index in [1.165, 1.54) is 5.56 Å². The van der Waals surface area contributed by atoms with Crippen molar-refractivity contribution in [3.05, 3.63) is 18.0 Å². The Kier molecular flexibility index (Phi) is 4.78. The van der Waals surface area contributed by atoms with Crippen LogP contribution in [0.2, 0.25) is 0 Å². The van der Waals surface area contributed by atoms with Crippen LogP contribution >= 0.6 is 0 Å². The smallest absolute Gasteiger partial charge is 0.0534 e. The summed E-state index contributed by atoms with van der Waals surface area (Å²) in [6.07, 6.45) is 4.00. The first-order valence-corrected chi connectivity index (χ1v) is 5.42. The first-order chi connectivity index (χ1) is 7.11. The third-order valence-corrected chi connectivity index (χ3v) is 2.39. The van der Waals surface area contributed by atoms with Gasteiger partial charge in [0.1, 0.15) is 0 Å². The second-order valence-corrected chi connectivity index (χ2v) is 4.38. The molecule has 0 fully saturated rings. The van der Waals surface area contributed by atoms with E-state index in [4.69, 9.17) is 0 Å². The van der Waals surface area contributed by atoms with Crippen LogP contribution < -0.4 is 5.32 Å². The summed E-state index contributed by atoms with van der Waals surface area (Å²) in [7, 11) is 6.10. The molecule has 1 aromatic heterocycles. The zero-order valence-corrected chi connectivity index (χ0v) is 10.2. The first kappa shape index (κ1) is 12.2. The van der Waals surface area contributed by atoms with Gasteiger partial charge >= 0.3 is 0 Å². The van der Waals surface area contributed by atoms with Gasteiger partial charge in [0.2, 0.25) is 0 Å². The van der Waals surface area contributed by atoms with Gasteiger partial charge in [0.15, 0.2) is 0 Å². The molecule has 1 atom stereocenters. The lowest BCUT2D eigenvalue weighted by Crippen LogP contribution is -2.29. The van der Waals surface area contributed by atoms with Crippen molar-refractivity contribution >= 4 is 0 Å². The number of nitrogens with zero attached hydrogens (tertiary/aromatic N) is 3. The van der Waals surface area contributed by atoms with Crippen LogP contribution in [0.3, 0.4) is 0 Å². The summed E-state index contributed by atoms with van der Waals surface area (Å²) in [6.45, 7) is 5.41. The van der Waals surface area contributed by atoms with Gasteiger partial charge in [-0.05, 0) is 26.6 Å². The van der Waals surface area contributed by atoms with Gasteiger partial charge < -0.3 is 10.2 Å². The van der Waals surface area contributed by atoms with Crippen molar-refractivity contribution in [1.29, 1.82) is 0 Å². The molecule has 0 aliphatic heterocycles. The standard InChI is InChI=1S/C11H22N4/c1-10(5-12-2)7-14(3)8-11-6-13-15(4)9-11/h6,9-10,12H,5,7-8H2,1-4H3. The largest absolute Gasteiger partial charge is 0.319 e. The van der Waals surface area contributed by atoms with Gasteiger partial charge in [0.05, 0.1) is 6.20 Å². The molecule has 0 aliphatic carbocycles. The summed E-state index contributed by atoms with van der Waals surface area (Å²) < 4.78 is 1.85. The second-order valence-electron chi connectivity index (χ2n) is 4.38. The molecule has 4 nitrogen and oxygen atoms in total. The van der Waals surface area contributed by atoms with Crippen molar-refractivity contribution in [2.24, 2.45) is 13.0 Å². The van der Waals surface area contributed by atoms with Crippen LogP contribution in [0.15, 0.2) is 12.4 Å². The molecule has 4 heteroatoms. The molecular weight excluding hydrogens is 188 g/mol. The van der Waals surface area contributed by atoms with Crippen LogP contribution in [0, 0.1) is 5.92 Å². The van der Waals surface area contributed by atoms with Gasteiger partial charge in [-0.25, -0.2) is 0 Å². The van der Waals surface area contributed by atoms with Crippen molar-refractivity contribution in [1.82, 2.24) is 20.0 Å². The fraction of sp³-hybridized carbons (Fsp3) is 0.727. The fourth-order valence-corrected chi connectivity index (χ4v) is 1.87. The number of hydrogen-bond donors (Lipinski definition) is 1. The predicted molar refractivity (Wildman–Crippen MR) is 62.6 cm³/mol. The van der Waals surface area contributed by atoms with E-state index < -0.39 is 0 Å². The molecule has 0 radical (unpaired) electrons. The molecule has 1 unspecified atom stereocenters. The van der Waals surface area contributed by atoms with E-state index in [0.717, 1.165) is 19.6 Å². The molecule has 1 aromatic rings. The quantitative estimate of drug-likeness (QED) is 0.750. The predicted octanol–water partition coefficient (Wildman–Crippen LogP) is 0.707. The molecule has 1 heterocycles. The Balaban J connectivity index is 2.32. The van der Waals surface area contributed by atoms with Crippen LogP contribution in [-0.4, -0.2) is 41.9 Å². The van der Waals surface area contributed by atoms with Gasteiger partial charge in [-0.2, -0.15) is 5.10 Å². The molecule has 0 amide bonds. The summed E-state index contributed by atoms with van der Waals surface area (Å²) in [5.74, 6) is 0.677. The van der Waals surface area contributed by atoms with Crippen molar-refractivity contribution in [3.8, 4) is 0 Å². The van der Waals surface area contributed by atoms with Crippen LogP contribution in [-0.2, 0) is 13.6 Å². The molecule has 15 heavy (non-hydrogen) atoms. The van der Waals surface area contributed by atoms with Crippen LogP contribution in [0.5, 0.6) is 0 Å². The highest BCUT2D eigenvalue weighted by Gasteiger charge is 2.06. The van der Waals surface area contributed by atoms with Gasteiger partial charge in [0, 0.05) is 31.9 Å². The number of nitrogens with one attached hydrogen (secondary N) is 1. The lowest BCUT2D eigenvalue weighted by molar-refractivity contribution is 0.276. The molecule has 0 saturated heterocycles. The molecule has 0 aliphatic rings. The van der Waals surface area contributed by atoms with Crippen LogP contribution in [0.1, 0.15) is 12.5 Å². The van der Waals surface area contributed by atoms with Gasteiger partial charge in [-0.1, -0.05) is 6.92 Å².